The van der Waals surface area contributed by atoms with E-state index in [2.05, 4.69) is 26.2 Å². The van der Waals surface area contributed by atoms with Gasteiger partial charge in [-0.1, -0.05) is 34.1 Å². The number of hydrogen-bond acceptors (Lipinski definition) is 5. The van der Waals surface area contributed by atoms with Crippen molar-refractivity contribution in [3.63, 3.8) is 0 Å². The number of pyridine rings is 1. The summed E-state index contributed by atoms with van der Waals surface area (Å²) < 4.78 is 11.9. The first-order valence-electron chi connectivity index (χ1n) is 8.40. The number of halogens is 1. The van der Waals surface area contributed by atoms with Crippen molar-refractivity contribution in [1.82, 2.24) is 4.98 Å². The predicted molar refractivity (Wildman–Crippen MR) is 104 cm³/mol. The average Bonchev–Trinajstić information content (AvgIpc) is 2.60. The fraction of sp³-hybridized carbons (Fsp3) is 0.300. The zero-order valence-electron chi connectivity index (χ0n) is 15.2. The zero-order valence-corrected chi connectivity index (χ0v) is 16.8. The number of carbonyl (C=O) groups excluding carboxylic acids is 1. The molecule has 26 heavy (non-hydrogen) atoms. The molecule has 6 heteroatoms. The van der Waals surface area contributed by atoms with Crippen LogP contribution in [0.1, 0.15) is 37.8 Å². The van der Waals surface area contributed by atoms with Gasteiger partial charge in [-0.25, -0.2) is 9.78 Å². The van der Waals surface area contributed by atoms with Gasteiger partial charge >= 0.3 is 5.97 Å². The van der Waals surface area contributed by atoms with Crippen LogP contribution < -0.4 is 10.1 Å². The Balaban J connectivity index is 2.29. The van der Waals surface area contributed by atoms with Crippen LogP contribution in [0.4, 0.5) is 5.69 Å². The van der Waals surface area contributed by atoms with E-state index in [1.54, 1.807) is 6.20 Å². The van der Waals surface area contributed by atoms with Crippen molar-refractivity contribution in [2.75, 3.05) is 12.4 Å². The molecule has 0 fully saturated rings. The summed E-state index contributed by atoms with van der Waals surface area (Å²) in [5.41, 5.74) is 3.97. The second kappa shape index (κ2) is 7.50. The molecule has 0 bridgehead atoms. The van der Waals surface area contributed by atoms with Crippen molar-refractivity contribution in [2.24, 2.45) is 0 Å². The van der Waals surface area contributed by atoms with E-state index in [0.717, 1.165) is 27.0 Å². The Bertz CT molecular complexity index is 877. The summed E-state index contributed by atoms with van der Waals surface area (Å²) in [6, 6.07) is 9.74. The third kappa shape index (κ3) is 3.33. The standard InChI is InChI=1S/C20H21BrN2O3/c1-11(2)26-19-18-15(9-10-22-19)23-12(3)16(20(24)25-4)17(18)13-7-5-6-8-14(13)21/h5-11,17,23H,1-4H3. The number of nitrogens with zero attached hydrogens (tertiary/aromatic N) is 1. The van der Waals surface area contributed by atoms with Gasteiger partial charge in [0.2, 0.25) is 5.88 Å². The lowest BCUT2D eigenvalue weighted by Gasteiger charge is -2.31. The molecule has 0 radical (unpaired) electrons. The number of carbonyl (C=O) groups is 1. The lowest BCUT2D eigenvalue weighted by Crippen LogP contribution is -2.25. The van der Waals surface area contributed by atoms with E-state index in [1.165, 1.54) is 7.11 Å². The molecular weight excluding hydrogens is 396 g/mol. The molecule has 2 heterocycles. The highest BCUT2D eigenvalue weighted by Crippen LogP contribution is 2.47. The lowest BCUT2D eigenvalue weighted by molar-refractivity contribution is -0.136. The van der Waals surface area contributed by atoms with Crippen LogP contribution >= 0.6 is 15.9 Å². The number of fused-ring (bicyclic) bond motifs is 1. The van der Waals surface area contributed by atoms with Gasteiger partial charge in [-0.05, 0) is 38.5 Å². The number of rotatable bonds is 4. The molecule has 1 N–H and O–H groups in total. The van der Waals surface area contributed by atoms with Gasteiger partial charge in [0.05, 0.1) is 30.3 Å². The molecule has 0 amide bonds. The van der Waals surface area contributed by atoms with Crippen molar-refractivity contribution < 1.29 is 14.3 Å². The molecule has 1 aliphatic heterocycles. The van der Waals surface area contributed by atoms with Gasteiger partial charge in [-0.15, -0.1) is 0 Å². The summed E-state index contributed by atoms with van der Waals surface area (Å²) in [6.07, 6.45) is 1.67. The van der Waals surface area contributed by atoms with E-state index in [-0.39, 0.29) is 18.0 Å². The van der Waals surface area contributed by atoms with Crippen molar-refractivity contribution in [2.45, 2.75) is 32.8 Å². The van der Waals surface area contributed by atoms with Gasteiger partial charge in [0.25, 0.3) is 0 Å². The highest BCUT2D eigenvalue weighted by molar-refractivity contribution is 9.10. The van der Waals surface area contributed by atoms with Crippen LogP contribution in [-0.2, 0) is 9.53 Å². The van der Waals surface area contributed by atoms with E-state index in [9.17, 15) is 4.79 Å². The normalized spacial score (nSPS) is 16.2. The van der Waals surface area contributed by atoms with Crippen LogP contribution in [0.25, 0.3) is 0 Å². The molecule has 0 aliphatic carbocycles. The molecule has 0 spiro atoms. The number of ether oxygens (including phenoxy) is 2. The average molecular weight is 417 g/mol. The summed E-state index contributed by atoms with van der Waals surface area (Å²) in [4.78, 5) is 17.0. The number of allylic oxidation sites excluding steroid dienone is 1. The smallest absolute Gasteiger partial charge is 0.336 e. The van der Waals surface area contributed by atoms with Gasteiger partial charge < -0.3 is 14.8 Å². The van der Waals surface area contributed by atoms with Crippen LogP contribution in [0, 0.1) is 0 Å². The van der Waals surface area contributed by atoms with Crippen molar-refractivity contribution in [3.8, 4) is 5.88 Å². The highest BCUT2D eigenvalue weighted by atomic mass is 79.9. The van der Waals surface area contributed by atoms with Crippen molar-refractivity contribution in [1.29, 1.82) is 0 Å². The number of hydrogen-bond donors (Lipinski definition) is 1. The molecule has 3 rings (SSSR count). The Morgan fingerprint density at radius 2 is 2.00 bits per heavy atom. The SMILES string of the molecule is COC(=O)C1=C(C)Nc2ccnc(OC(C)C)c2C1c1ccccc1Br. The first kappa shape index (κ1) is 18.5. The van der Waals surface area contributed by atoms with Crippen molar-refractivity contribution in [3.05, 3.63) is 63.4 Å². The molecule has 5 nitrogen and oxygen atoms in total. The first-order chi connectivity index (χ1) is 12.4. The molecule has 2 aromatic rings. The maximum atomic E-state index is 12.6. The number of methoxy groups -OCH3 is 1. The van der Waals surface area contributed by atoms with E-state index in [1.807, 2.05) is 51.1 Å². The molecule has 1 unspecified atom stereocenters. The second-order valence-electron chi connectivity index (χ2n) is 6.35. The molecule has 0 saturated carbocycles. The maximum absolute atomic E-state index is 12.6. The zero-order chi connectivity index (χ0) is 18.8. The summed E-state index contributed by atoms with van der Waals surface area (Å²) in [5, 5.41) is 3.30. The second-order valence-corrected chi connectivity index (χ2v) is 7.21. The number of anilines is 1. The van der Waals surface area contributed by atoms with Gasteiger partial charge in [0, 0.05) is 22.1 Å². The highest BCUT2D eigenvalue weighted by Gasteiger charge is 2.36. The molecule has 0 saturated heterocycles. The molecule has 1 atom stereocenters. The Morgan fingerprint density at radius 3 is 2.65 bits per heavy atom. The monoisotopic (exact) mass is 416 g/mol. The topological polar surface area (TPSA) is 60.5 Å². The van der Waals surface area contributed by atoms with Crippen LogP contribution in [-0.4, -0.2) is 24.2 Å². The third-order valence-electron chi connectivity index (χ3n) is 4.23. The van der Waals surface area contributed by atoms with Gasteiger partial charge in [0.15, 0.2) is 0 Å². The minimum atomic E-state index is -0.374. The van der Waals surface area contributed by atoms with E-state index >= 15 is 0 Å². The van der Waals surface area contributed by atoms with Gasteiger partial charge in [-0.2, -0.15) is 0 Å². The fourth-order valence-corrected chi connectivity index (χ4v) is 3.70. The number of benzene rings is 1. The number of aromatic nitrogens is 1. The van der Waals surface area contributed by atoms with E-state index in [0.29, 0.717) is 11.5 Å². The summed E-state index contributed by atoms with van der Waals surface area (Å²) in [6.45, 7) is 5.78. The summed E-state index contributed by atoms with van der Waals surface area (Å²) in [7, 11) is 1.39. The maximum Gasteiger partial charge on any atom is 0.336 e. The molecule has 1 aromatic heterocycles. The fourth-order valence-electron chi connectivity index (χ4n) is 3.19. The van der Waals surface area contributed by atoms with Gasteiger partial charge in [0.1, 0.15) is 0 Å². The van der Waals surface area contributed by atoms with Crippen LogP contribution in [0.5, 0.6) is 5.88 Å². The Morgan fingerprint density at radius 1 is 1.27 bits per heavy atom. The summed E-state index contributed by atoms with van der Waals surface area (Å²) in [5.74, 6) is -0.211. The van der Waals surface area contributed by atoms with Crippen LogP contribution in [0.3, 0.4) is 0 Å². The quantitative estimate of drug-likeness (QED) is 0.735. The van der Waals surface area contributed by atoms with Gasteiger partial charge in [-0.3, -0.25) is 0 Å². The minimum Gasteiger partial charge on any atom is -0.475 e. The van der Waals surface area contributed by atoms with Crippen molar-refractivity contribution >= 4 is 27.6 Å². The van der Waals surface area contributed by atoms with E-state index < -0.39 is 0 Å². The molecule has 136 valence electrons. The lowest BCUT2D eigenvalue weighted by atomic mass is 9.81. The minimum absolute atomic E-state index is 0.0394. The summed E-state index contributed by atoms with van der Waals surface area (Å²) >= 11 is 3.62. The molecular formula is C20H21BrN2O3. The third-order valence-corrected chi connectivity index (χ3v) is 4.95. The predicted octanol–water partition coefficient (Wildman–Crippen LogP) is 4.64. The van der Waals surface area contributed by atoms with Crippen LogP contribution in [0.15, 0.2) is 52.3 Å². The largest absolute Gasteiger partial charge is 0.475 e. The Labute approximate surface area is 161 Å². The van der Waals surface area contributed by atoms with E-state index in [4.69, 9.17) is 9.47 Å². The Kier molecular flexibility index (Phi) is 5.32. The molecule has 1 aromatic carbocycles. The first-order valence-corrected chi connectivity index (χ1v) is 9.19. The number of nitrogens with one attached hydrogen (secondary N) is 1. The molecule has 1 aliphatic rings. The number of esters is 1. The Hall–Kier alpha value is -2.34. The van der Waals surface area contributed by atoms with Crippen LogP contribution in [0.2, 0.25) is 0 Å².